The maximum absolute atomic E-state index is 13.3. The van der Waals surface area contributed by atoms with Gasteiger partial charge in [-0.1, -0.05) is 25.0 Å². The van der Waals surface area contributed by atoms with Gasteiger partial charge in [-0.15, -0.1) is 0 Å². The molecule has 7 heteroatoms. The number of carbonyl (C=O) groups excluding carboxylic acids is 1. The SMILES string of the molecule is COc1ccc(C2CCCCCN2C(=O)c2ccc(S(=O)(=O)NC(C)C)cc2)cc1. The molecule has 0 radical (unpaired) electrons. The first kappa shape index (κ1) is 22.3. The number of amides is 1. The van der Waals surface area contributed by atoms with E-state index in [9.17, 15) is 13.2 Å². The molecular formula is C23H30N2O4S. The first-order chi connectivity index (χ1) is 14.3. The molecule has 30 heavy (non-hydrogen) atoms. The van der Waals surface area contributed by atoms with E-state index >= 15 is 0 Å². The molecule has 0 bridgehead atoms. The highest BCUT2D eigenvalue weighted by molar-refractivity contribution is 7.89. The molecule has 6 nitrogen and oxygen atoms in total. The molecule has 2 aromatic carbocycles. The minimum Gasteiger partial charge on any atom is -0.497 e. The normalized spacial score (nSPS) is 17.6. The summed E-state index contributed by atoms with van der Waals surface area (Å²) >= 11 is 0. The summed E-state index contributed by atoms with van der Waals surface area (Å²) in [5.74, 6) is 0.718. The van der Waals surface area contributed by atoms with Crippen LogP contribution < -0.4 is 9.46 Å². The van der Waals surface area contributed by atoms with Gasteiger partial charge < -0.3 is 9.64 Å². The standard InChI is InChI=1S/C23H30N2O4S/c1-17(2)24-30(27,28)21-14-10-19(11-15-21)23(26)25-16-6-4-5-7-22(25)18-8-12-20(29-3)13-9-18/h8-15,17,22,24H,4-7,16H2,1-3H3. The van der Waals surface area contributed by atoms with E-state index in [1.54, 1.807) is 33.1 Å². The molecule has 0 aliphatic carbocycles. The van der Waals surface area contributed by atoms with Gasteiger partial charge in [0.1, 0.15) is 5.75 Å². The van der Waals surface area contributed by atoms with Crippen LogP contribution in [-0.4, -0.2) is 38.9 Å². The largest absolute Gasteiger partial charge is 0.497 e. The van der Waals surface area contributed by atoms with Crippen molar-refractivity contribution in [1.29, 1.82) is 0 Å². The van der Waals surface area contributed by atoms with Crippen molar-refractivity contribution >= 4 is 15.9 Å². The molecule has 0 spiro atoms. The van der Waals surface area contributed by atoms with Gasteiger partial charge in [-0.3, -0.25) is 4.79 Å². The smallest absolute Gasteiger partial charge is 0.254 e. The van der Waals surface area contributed by atoms with Gasteiger partial charge in [0.2, 0.25) is 10.0 Å². The van der Waals surface area contributed by atoms with E-state index in [1.807, 2.05) is 29.2 Å². The number of nitrogens with one attached hydrogen (secondary N) is 1. The van der Waals surface area contributed by atoms with Crippen molar-refractivity contribution in [2.24, 2.45) is 0 Å². The van der Waals surface area contributed by atoms with Gasteiger partial charge in [-0.05, 0) is 68.7 Å². The summed E-state index contributed by atoms with van der Waals surface area (Å²) in [6.45, 7) is 4.23. The van der Waals surface area contributed by atoms with Crippen LogP contribution in [-0.2, 0) is 10.0 Å². The molecular weight excluding hydrogens is 400 g/mol. The summed E-state index contributed by atoms with van der Waals surface area (Å²) < 4.78 is 32.5. The summed E-state index contributed by atoms with van der Waals surface area (Å²) in [7, 11) is -1.94. The fraction of sp³-hybridized carbons (Fsp3) is 0.435. The molecule has 1 N–H and O–H groups in total. The van der Waals surface area contributed by atoms with Crippen LogP contribution in [0.1, 0.15) is 61.5 Å². The quantitative estimate of drug-likeness (QED) is 0.747. The number of sulfonamides is 1. The summed E-state index contributed by atoms with van der Waals surface area (Å²) in [6.07, 6.45) is 4.03. The Bertz CT molecular complexity index is 954. The van der Waals surface area contributed by atoms with Gasteiger partial charge in [0.25, 0.3) is 5.91 Å². The molecule has 3 rings (SSSR count). The predicted octanol–water partition coefficient (Wildman–Crippen LogP) is 4.14. The Morgan fingerprint density at radius 1 is 1.03 bits per heavy atom. The van der Waals surface area contributed by atoms with E-state index in [-0.39, 0.29) is 22.9 Å². The first-order valence-corrected chi connectivity index (χ1v) is 11.9. The average molecular weight is 431 g/mol. The highest BCUT2D eigenvalue weighted by atomic mass is 32.2. The lowest BCUT2D eigenvalue weighted by Gasteiger charge is -2.31. The first-order valence-electron chi connectivity index (χ1n) is 10.4. The Morgan fingerprint density at radius 2 is 1.70 bits per heavy atom. The molecule has 0 aromatic heterocycles. The Hall–Kier alpha value is -2.38. The Balaban J connectivity index is 1.85. The highest BCUT2D eigenvalue weighted by Crippen LogP contribution is 2.32. The third-order valence-electron chi connectivity index (χ3n) is 5.32. The lowest BCUT2D eigenvalue weighted by atomic mass is 10.00. The summed E-state index contributed by atoms with van der Waals surface area (Å²) in [5.41, 5.74) is 1.59. The number of methoxy groups -OCH3 is 1. The van der Waals surface area contributed by atoms with Crippen LogP contribution in [0.3, 0.4) is 0 Å². The zero-order valence-electron chi connectivity index (χ0n) is 17.8. The third-order valence-corrected chi connectivity index (χ3v) is 6.99. The second-order valence-electron chi connectivity index (χ2n) is 7.94. The molecule has 162 valence electrons. The fourth-order valence-corrected chi connectivity index (χ4v) is 5.10. The van der Waals surface area contributed by atoms with Crippen molar-refractivity contribution in [3.8, 4) is 5.75 Å². The summed E-state index contributed by atoms with van der Waals surface area (Å²) in [4.78, 5) is 15.4. The summed E-state index contributed by atoms with van der Waals surface area (Å²) in [5, 5.41) is 0. The van der Waals surface area contributed by atoms with Crippen molar-refractivity contribution in [2.45, 2.75) is 56.5 Å². The molecule has 1 aliphatic heterocycles. The Morgan fingerprint density at radius 3 is 2.30 bits per heavy atom. The van der Waals surface area contributed by atoms with Crippen molar-refractivity contribution in [2.75, 3.05) is 13.7 Å². The number of carbonyl (C=O) groups is 1. The van der Waals surface area contributed by atoms with Crippen LogP contribution in [0.2, 0.25) is 0 Å². The van der Waals surface area contributed by atoms with Gasteiger partial charge in [-0.2, -0.15) is 0 Å². The lowest BCUT2D eigenvalue weighted by molar-refractivity contribution is 0.0681. The minimum absolute atomic E-state index is 0.00285. The number of likely N-dealkylation sites (tertiary alicyclic amines) is 1. The highest BCUT2D eigenvalue weighted by Gasteiger charge is 2.28. The monoisotopic (exact) mass is 430 g/mol. The van der Waals surface area contributed by atoms with E-state index in [2.05, 4.69) is 4.72 Å². The third kappa shape index (κ3) is 5.21. The van der Waals surface area contributed by atoms with Crippen LogP contribution in [0, 0.1) is 0 Å². The molecule has 1 fully saturated rings. The van der Waals surface area contributed by atoms with Crippen molar-refractivity contribution in [1.82, 2.24) is 9.62 Å². The molecule has 1 atom stereocenters. The second-order valence-corrected chi connectivity index (χ2v) is 9.65. The Kier molecular flexibility index (Phi) is 7.15. The van der Waals surface area contributed by atoms with Gasteiger partial charge >= 0.3 is 0 Å². The maximum atomic E-state index is 13.3. The summed E-state index contributed by atoms with van der Waals surface area (Å²) in [6, 6.07) is 13.9. The molecule has 0 saturated carbocycles. The van der Waals surface area contributed by atoms with Crippen LogP contribution in [0.4, 0.5) is 0 Å². The molecule has 1 unspecified atom stereocenters. The number of ether oxygens (including phenoxy) is 1. The average Bonchev–Trinajstić information content (AvgIpc) is 2.98. The van der Waals surface area contributed by atoms with Crippen LogP contribution in [0.15, 0.2) is 53.4 Å². The maximum Gasteiger partial charge on any atom is 0.254 e. The fourth-order valence-electron chi connectivity index (χ4n) is 3.84. The van der Waals surface area contributed by atoms with Crippen molar-refractivity contribution in [3.05, 3.63) is 59.7 Å². The van der Waals surface area contributed by atoms with Crippen molar-refractivity contribution in [3.63, 3.8) is 0 Å². The van der Waals surface area contributed by atoms with E-state index in [4.69, 9.17) is 4.74 Å². The van der Waals surface area contributed by atoms with Crippen molar-refractivity contribution < 1.29 is 17.9 Å². The minimum atomic E-state index is -3.58. The van der Waals surface area contributed by atoms with E-state index in [0.29, 0.717) is 12.1 Å². The van der Waals surface area contributed by atoms with Gasteiger partial charge in [0.05, 0.1) is 18.0 Å². The lowest BCUT2D eigenvalue weighted by Crippen LogP contribution is -2.35. The Labute approximate surface area is 179 Å². The van der Waals surface area contributed by atoms with Gasteiger partial charge in [0.15, 0.2) is 0 Å². The molecule has 2 aromatic rings. The van der Waals surface area contributed by atoms with Gasteiger partial charge in [-0.25, -0.2) is 13.1 Å². The second kappa shape index (κ2) is 9.62. The predicted molar refractivity (Wildman–Crippen MR) is 117 cm³/mol. The number of hydrogen-bond acceptors (Lipinski definition) is 4. The topological polar surface area (TPSA) is 75.7 Å². The molecule has 1 heterocycles. The van der Waals surface area contributed by atoms with E-state index in [0.717, 1.165) is 37.0 Å². The van der Waals surface area contributed by atoms with E-state index in [1.165, 1.54) is 12.1 Å². The number of benzene rings is 2. The van der Waals surface area contributed by atoms with E-state index < -0.39 is 10.0 Å². The number of nitrogens with zero attached hydrogens (tertiary/aromatic N) is 1. The zero-order valence-corrected chi connectivity index (χ0v) is 18.6. The van der Waals surface area contributed by atoms with Gasteiger partial charge in [0, 0.05) is 18.2 Å². The van der Waals surface area contributed by atoms with Crippen LogP contribution >= 0.6 is 0 Å². The van der Waals surface area contributed by atoms with Crippen LogP contribution in [0.5, 0.6) is 5.75 Å². The zero-order chi connectivity index (χ0) is 21.7. The molecule has 1 saturated heterocycles. The van der Waals surface area contributed by atoms with Crippen LogP contribution in [0.25, 0.3) is 0 Å². The molecule has 1 aliphatic rings. The molecule has 1 amide bonds. The number of rotatable bonds is 6. The number of hydrogen-bond donors (Lipinski definition) is 1.